The standard InChI is InChI=1S/C24H26N4O2/c1-15(2)9-23-26-27-24(30-23)21-13-18-7-5-6-8-20(18)28(21)14-22(29)25-19-11-16(3)10-17(4)12-19/h5-8,10-13,15H,9,14H2,1-4H3,(H,25,29). The van der Waals surface area contributed by atoms with E-state index in [4.69, 9.17) is 4.42 Å². The molecule has 0 bridgehead atoms. The normalized spacial score (nSPS) is 11.4. The number of carbonyl (C=O) groups is 1. The maximum Gasteiger partial charge on any atom is 0.264 e. The molecule has 2 heterocycles. The highest BCUT2D eigenvalue weighted by Crippen LogP contribution is 2.28. The molecule has 6 heteroatoms. The van der Waals surface area contributed by atoms with Gasteiger partial charge in [0.15, 0.2) is 0 Å². The summed E-state index contributed by atoms with van der Waals surface area (Å²) in [6.45, 7) is 8.41. The Morgan fingerprint density at radius 3 is 2.53 bits per heavy atom. The lowest BCUT2D eigenvalue weighted by molar-refractivity contribution is -0.116. The van der Waals surface area contributed by atoms with Gasteiger partial charge in [-0.2, -0.15) is 0 Å². The highest BCUT2D eigenvalue weighted by Gasteiger charge is 2.18. The van der Waals surface area contributed by atoms with Gasteiger partial charge in [0.2, 0.25) is 11.8 Å². The summed E-state index contributed by atoms with van der Waals surface area (Å²) in [6.07, 6.45) is 0.723. The maximum absolute atomic E-state index is 12.9. The first-order valence-corrected chi connectivity index (χ1v) is 10.2. The van der Waals surface area contributed by atoms with E-state index in [0.717, 1.165) is 39.8 Å². The molecule has 0 saturated heterocycles. The maximum atomic E-state index is 12.9. The Kier molecular flexibility index (Phi) is 5.40. The van der Waals surface area contributed by atoms with Gasteiger partial charge in [-0.1, -0.05) is 38.1 Å². The summed E-state index contributed by atoms with van der Waals surface area (Å²) in [4.78, 5) is 12.9. The molecule has 0 aliphatic rings. The molecule has 0 saturated carbocycles. The van der Waals surface area contributed by atoms with Gasteiger partial charge in [0.1, 0.15) is 12.2 Å². The Morgan fingerprint density at radius 2 is 1.80 bits per heavy atom. The monoisotopic (exact) mass is 402 g/mol. The zero-order valence-corrected chi connectivity index (χ0v) is 17.8. The van der Waals surface area contributed by atoms with Crippen LogP contribution in [0.4, 0.5) is 5.69 Å². The highest BCUT2D eigenvalue weighted by molar-refractivity contribution is 5.93. The average molecular weight is 402 g/mol. The predicted molar refractivity (Wildman–Crippen MR) is 118 cm³/mol. The molecule has 0 aliphatic carbocycles. The van der Waals surface area contributed by atoms with Crippen molar-refractivity contribution in [3.8, 4) is 11.6 Å². The molecule has 2 aromatic carbocycles. The van der Waals surface area contributed by atoms with Gasteiger partial charge in [0.05, 0.1) is 0 Å². The minimum Gasteiger partial charge on any atom is -0.419 e. The fraction of sp³-hybridized carbons (Fsp3) is 0.292. The SMILES string of the molecule is Cc1cc(C)cc(NC(=O)Cn2c(-c3nnc(CC(C)C)o3)cc3ccccc32)c1. The summed E-state index contributed by atoms with van der Waals surface area (Å²) in [7, 11) is 0. The molecule has 154 valence electrons. The second kappa shape index (κ2) is 8.14. The number of nitrogens with one attached hydrogen (secondary N) is 1. The van der Waals surface area contributed by atoms with Crippen LogP contribution in [0.1, 0.15) is 30.9 Å². The molecule has 0 radical (unpaired) electrons. The Hall–Kier alpha value is -3.41. The van der Waals surface area contributed by atoms with Crippen LogP contribution in [0.2, 0.25) is 0 Å². The van der Waals surface area contributed by atoms with Gasteiger partial charge in [-0.25, -0.2) is 0 Å². The van der Waals surface area contributed by atoms with Crippen LogP contribution in [0.3, 0.4) is 0 Å². The van der Waals surface area contributed by atoms with E-state index in [1.54, 1.807) is 0 Å². The van der Waals surface area contributed by atoms with E-state index in [1.165, 1.54) is 0 Å². The predicted octanol–water partition coefficient (Wildman–Crippen LogP) is 5.15. The van der Waals surface area contributed by atoms with Gasteiger partial charge in [-0.3, -0.25) is 4.79 Å². The number of nitrogens with zero attached hydrogens (tertiary/aromatic N) is 3. The zero-order valence-electron chi connectivity index (χ0n) is 17.8. The first kappa shape index (κ1) is 19.9. The first-order chi connectivity index (χ1) is 14.4. The van der Waals surface area contributed by atoms with E-state index in [-0.39, 0.29) is 12.5 Å². The molecule has 0 aliphatic heterocycles. The van der Waals surface area contributed by atoms with E-state index >= 15 is 0 Å². The van der Waals surface area contributed by atoms with Crippen LogP contribution in [-0.4, -0.2) is 20.7 Å². The van der Waals surface area contributed by atoms with E-state index in [9.17, 15) is 4.79 Å². The third-order valence-electron chi connectivity index (χ3n) is 4.89. The van der Waals surface area contributed by atoms with Crippen molar-refractivity contribution in [3.05, 3.63) is 65.5 Å². The van der Waals surface area contributed by atoms with E-state index < -0.39 is 0 Å². The van der Waals surface area contributed by atoms with Crippen molar-refractivity contribution in [1.29, 1.82) is 0 Å². The number of hydrogen-bond acceptors (Lipinski definition) is 4. The zero-order chi connectivity index (χ0) is 21.3. The van der Waals surface area contributed by atoms with Gasteiger partial charge >= 0.3 is 0 Å². The topological polar surface area (TPSA) is 73.0 Å². The molecule has 0 atom stereocenters. The van der Waals surface area contributed by atoms with Gasteiger partial charge in [0, 0.05) is 23.0 Å². The van der Waals surface area contributed by atoms with Crippen molar-refractivity contribution in [3.63, 3.8) is 0 Å². The van der Waals surface area contributed by atoms with Crippen molar-refractivity contribution in [2.75, 3.05) is 5.32 Å². The molecule has 30 heavy (non-hydrogen) atoms. The number of rotatable bonds is 6. The first-order valence-electron chi connectivity index (χ1n) is 10.2. The van der Waals surface area contributed by atoms with E-state index in [1.807, 2.05) is 60.9 Å². The van der Waals surface area contributed by atoms with Crippen molar-refractivity contribution < 1.29 is 9.21 Å². The van der Waals surface area contributed by atoms with Crippen LogP contribution >= 0.6 is 0 Å². The molecule has 1 N–H and O–H groups in total. The summed E-state index contributed by atoms with van der Waals surface area (Å²) in [5.41, 5.74) is 4.72. The molecular weight excluding hydrogens is 376 g/mol. The van der Waals surface area contributed by atoms with E-state index in [0.29, 0.717) is 17.7 Å². The fourth-order valence-electron chi connectivity index (χ4n) is 3.74. The lowest BCUT2D eigenvalue weighted by Crippen LogP contribution is -2.19. The quantitative estimate of drug-likeness (QED) is 0.484. The van der Waals surface area contributed by atoms with Crippen LogP contribution in [0.5, 0.6) is 0 Å². The Labute approximate surface area is 175 Å². The molecule has 2 aromatic heterocycles. The number of anilines is 1. The minimum atomic E-state index is -0.107. The summed E-state index contributed by atoms with van der Waals surface area (Å²) in [5, 5.41) is 12.5. The van der Waals surface area contributed by atoms with E-state index in [2.05, 4.69) is 35.4 Å². The van der Waals surface area contributed by atoms with Gasteiger partial charge < -0.3 is 14.3 Å². The fourth-order valence-corrected chi connectivity index (χ4v) is 3.74. The summed E-state index contributed by atoms with van der Waals surface area (Å²) in [5.74, 6) is 1.36. The van der Waals surface area contributed by atoms with Gasteiger partial charge in [0.25, 0.3) is 5.89 Å². The van der Waals surface area contributed by atoms with Gasteiger partial charge in [-0.05, 0) is 55.2 Å². The van der Waals surface area contributed by atoms with Crippen LogP contribution in [-0.2, 0) is 17.8 Å². The summed E-state index contributed by atoms with van der Waals surface area (Å²) in [6, 6.07) is 16.0. The number of para-hydroxylation sites is 1. The number of amides is 1. The minimum absolute atomic E-state index is 0.107. The van der Waals surface area contributed by atoms with Crippen LogP contribution in [0.25, 0.3) is 22.5 Å². The van der Waals surface area contributed by atoms with Crippen LogP contribution in [0.15, 0.2) is 52.9 Å². The molecule has 6 nitrogen and oxygen atoms in total. The molecule has 0 spiro atoms. The number of aryl methyl sites for hydroxylation is 2. The number of fused-ring (bicyclic) bond motifs is 1. The summed E-state index contributed by atoms with van der Waals surface area (Å²) < 4.78 is 7.84. The lowest BCUT2D eigenvalue weighted by Gasteiger charge is -2.11. The average Bonchev–Trinajstić information content (AvgIpc) is 3.25. The van der Waals surface area contributed by atoms with Crippen LogP contribution < -0.4 is 5.32 Å². The smallest absolute Gasteiger partial charge is 0.264 e. The van der Waals surface area contributed by atoms with Gasteiger partial charge in [-0.15, -0.1) is 10.2 Å². The molecule has 1 amide bonds. The highest BCUT2D eigenvalue weighted by atomic mass is 16.4. The van der Waals surface area contributed by atoms with Crippen molar-refractivity contribution in [1.82, 2.24) is 14.8 Å². The van der Waals surface area contributed by atoms with Crippen molar-refractivity contribution in [2.24, 2.45) is 5.92 Å². The molecular formula is C24H26N4O2. The third-order valence-corrected chi connectivity index (χ3v) is 4.89. The molecule has 4 rings (SSSR count). The summed E-state index contributed by atoms with van der Waals surface area (Å²) >= 11 is 0. The number of hydrogen-bond donors (Lipinski definition) is 1. The molecule has 4 aromatic rings. The number of benzene rings is 2. The third kappa shape index (κ3) is 4.27. The van der Waals surface area contributed by atoms with Crippen molar-refractivity contribution in [2.45, 2.75) is 40.7 Å². The Balaban J connectivity index is 1.66. The molecule has 0 fully saturated rings. The largest absolute Gasteiger partial charge is 0.419 e. The number of carbonyl (C=O) groups excluding carboxylic acids is 1. The molecule has 0 unspecified atom stereocenters. The Morgan fingerprint density at radius 1 is 1.07 bits per heavy atom. The second-order valence-electron chi connectivity index (χ2n) is 8.20. The number of aromatic nitrogens is 3. The Bertz CT molecular complexity index is 1180. The van der Waals surface area contributed by atoms with Crippen molar-refractivity contribution >= 4 is 22.5 Å². The van der Waals surface area contributed by atoms with Crippen LogP contribution in [0, 0.1) is 19.8 Å². The second-order valence-corrected chi connectivity index (χ2v) is 8.20. The lowest BCUT2D eigenvalue weighted by atomic mass is 10.1.